The molecule has 1 N–H and O–H groups in total. The quantitative estimate of drug-likeness (QED) is 0.480. The number of unbranched alkanes of at least 4 members (excludes halogenated alkanes) is 1. The van der Waals surface area contributed by atoms with Crippen LogP contribution in [0.2, 0.25) is 0 Å². The topological polar surface area (TPSA) is 35.6 Å². The maximum absolute atomic E-state index is 13.1. The molecule has 1 unspecified atom stereocenters. The van der Waals surface area contributed by atoms with Crippen molar-refractivity contribution in [1.82, 2.24) is 4.90 Å². The van der Waals surface area contributed by atoms with Gasteiger partial charge in [-0.25, -0.2) is 0 Å². The molecule has 0 radical (unpaired) electrons. The highest BCUT2D eigenvalue weighted by Gasteiger charge is 2.32. The lowest BCUT2D eigenvalue weighted by Crippen LogP contribution is -2.25. The molecule has 0 aliphatic carbocycles. The minimum atomic E-state index is -0.122. The van der Waals surface area contributed by atoms with Crippen LogP contribution in [0.4, 0.5) is 11.4 Å². The van der Waals surface area contributed by atoms with Crippen LogP contribution in [0, 0.1) is 0 Å². The van der Waals surface area contributed by atoms with E-state index in [2.05, 4.69) is 46.6 Å². The molecule has 1 aliphatic rings. The zero-order valence-corrected chi connectivity index (χ0v) is 17.4. The van der Waals surface area contributed by atoms with Crippen molar-refractivity contribution < 1.29 is 4.79 Å². The van der Waals surface area contributed by atoms with Crippen LogP contribution >= 0.6 is 0 Å². The predicted molar refractivity (Wildman–Crippen MR) is 122 cm³/mol. The molecule has 1 aliphatic heterocycles. The smallest absolute Gasteiger partial charge is 0.274 e. The molecule has 1 atom stereocenters. The molecule has 150 valence electrons. The van der Waals surface area contributed by atoms with Crippen LogP contribution in [0.1, 0.15) is 31.4 Å². The molecule has 2 aromatic rings. The number of hydrogen-bond donors (Lipinski definition) is 1. The summed E-state index contributed by atoms with van der Waals surface area (Å²) < 4.78 is 0. The van der Waals surface area contributed by atoms with Gasteiger partial charge in [0.2, 0.25) is 0 Å². The van der Waals surface area contributed by atoms with E-state index in [1.54, 1.807) is 0 Å². The van der Waals surface area contributed by atoms with E-state index in [0.717, 1.165) is 29.8 Å². The molecule has 4 heteroatoms. The molecular formula is C25H29N3O. The first kappa shape index (κ1) is 20.5. The molecule has 4 nitrogen and oxygen atoms in total. The fourth-order valence-electron chi connectivity index (χ4n) is 3.28. The molecule has 1 heterocycles. The van der Waals surface area contributed by atoms with E-state index in [-0.39, 0.29) is 11.9 Å². The summed E-state index contributed by atoms with van der Waals surface area (Å²) in [4.78, 5) is 17.0. The highest BCUT2D eigenvalue weighted by molar-refractivity contribution is 6.00. The lowest BCUT2D eigenvalue weighted by atomic mass is 10.1. The Morgan fingerprint density at radius 2 is 1.69 bits per heavy atom. The molecule has 29 heavy (non-hydrogen) atoms. The molecule has 0 fully saturated rings. The van der Waals surface area contributed by atoms with Gasteiger partial charge in [0.25, 0.3) is 5.91 Å². The molecule has 2 aromatic carbocycles. The summed E-state index contributed by atoms with van der Waals surface area (Å²) in [6.07, 6.45) is 12.1. The molecule has 3 rings (SSSR count). The van der Waals surface area contributed by atoms with Crippen LogP contribution < -0.4 is 10.2 Å². The lowest BCUT2D eigenvalue weighted by Gasteiger charge is -2.22. The fraction of sp³-hybridized carbons (Fsp3) is 0.240. The van der Waals surface area contributed by atoms with Gasteiger partial charge in [-0.15, -0.1) is 0 Å². The summed E-state index contributed by atoms with van der Waals surface area (Å²) in [6.45, 7) is 2.02. The minimum absolute atomic E-state index is 0.0159. The number of amides is 1. The third kappa shape index (κ3) is 5.17. The highest BCUT2D eigenvalue weighted by Crippen LogP contribution is 2.33. The Kier molecular flexibility index (Phi) is 6.90. The van der Waals surface area contributed by atoms with Gasteiger partial charge in [0, 0.05) is 31.7 Å². The number of hydrogen-bond acceptors (Lipinski definition) is 3. The first-order valence-electron chi connectivity index (χ1n) is 10.0. The maximum atomic E-state index is 13.1. The Morgan fingerprint density at radius 3 is 2.34 bits per heavy atom. The van der Waals surface area contributed by atoms with Gasteiger partial charge in [-0.2, -0.15) is 0 Å². The van der Waals surface area contributed by atoms with Crippen molar-refractivity contribution in [2.45, 2.75) is 25.8 Å². The Hall–Kier alpha value is -3.27. The van der Waals surface area contributed by atoms with Gasteiger partial charge >= 0.3 is 0 Å². The zero-order chi connectivity index (χ0) is 20.6. The molecule has 0 aromatic heterocycles. The SMILES string of the molecule is C/C=C\CC/C=C/N1C(=O)C(Nc2ccccc2)=CC1c1ccc(N(C)C)cc1. The average molecular weight is 388 g/mol. The first-order valence-corrected chi connectivity index (χ1v) is 10.0. The second-order valence-corrected chi connectivity index (χ2v) is 7.25. The normalized spacial score (nSPS) is 16.7. The number of allylic oxidation sites excluding steroid dienone is 3. The average Bonchev–Trinajstić information content (AvgIpc) is 3.04. The van der Waals surface area contributed by atoms with E-state index in [1.807, 2.05) is 74.6 Å². The van der Waals surface area contributed by atoms with Crippen LogP contribution in [-0.2, 0) is 4.79 Å². The van der Waals surface area contributed by atoms with Crippen molar-refractivity contribution in [2.75, 3.05) is 24.3 Å². The minimum Gasteiger partial charge on any atom is -0.378 e. The van der Waals surface area contributed by atoms with E-state index in [1.165, 1.54) is 0 Å². The number of benzene rings is 2. The second-order valence-electron chi connectivity index (χ2n) is 7.25. The monoisotopic (exact) mass is 387 g/mol. The molecular weight excluding hydrogens is 358 g/mol. The summed E-state index contributed by atoms with van der Waals surface area (Å²) in [5.74, 6) is -0.0159. The maximum Gasteiger partial charge on any atom is 0.274 e. The molecule has 0 saturated heterocycles. The zero-order valence-electron chi connectivity index (χ0n) is 17.4. The summed E-state index contributed by atoms with van der Waals surface area (Å²) in [6, 6.07) is 18.0. The van der Waals surface area contributed by atoms with Crippen molar-refractivity contribution in [3.05, 3.63) is 96.4 Å². The number of carbonyl (C=O) groups excluding carboxylic acids is 1. The Morgan fingerprint density at radius 1 is 1.00 bits per heavy atom. The number of nitrogens with zero attached hydrogens (tertiary/aromatic N) is 2. The van der Waals surface area contributed by atoms with Crippen molar-refractivity contribution >= 4 is 17.3 Å². The third-order valence-corrected chi connectivity index (χ3v) is 4.89. The molecule has 0 spiro atoms. The standard InChI is InChI=1S/C25H29N3O/c1-4-5-6-7-11-18-28-24(20-14-16-22(17-15-20)27(2)3)19-23(25(28)29)26-21-12-9-8-10-13-21/h4-5,8-19,24,26H,6-7H2,1-3H3/b5-4-,18-11+. The second kappa shape index (κ2) is 9.78. The number of nitrogens with one attached hydrogen (secondary N) is 1. The summed E-state index contributed by atoms with van der Waals surface area (Å²) in [7, 11) is 4.05. The fourth-order valence-corrected chi connectivity index (χ4v) is 3.28. The Labute approximate surface area is 173 Å². The molecule has 0 bridgehead atoms. The Balaban J connectivity index is 1.85. The van der Waals surface area contributed by atoms with Crippen LogP contribution in [-0.4, -0.2) is 24.9 Å². The van der Waals surface area contributed by atoms with E-state index in [4.69, 9.17) is 0 Å². The van der Waals surface area contributed by atoms with E-state index in [0.29, 0.717) is 5.70 Å². The van der Waals surface area contributed by atoms with Gasteiger partial charge in [-0.1, -0.05) is 48.6 Å². The van der Waals surface area contributed by atoms with Gasteiger partial charge in [0.15, 0.2) is 0 Å². The third-order valence-electron chi connectivity index (χ3n) is 4.89. The van der Waals surface area contributed by atoms with Gasteiger partial charge in [0.1, 0.15) is 5.70 Å². The van der Waals surface area contributed by atoms with Crippen molar-refractivity contribution in [3.63, 3.8) is 0 Å². The number of para-hydroxylation sites is 1. The van der Waals surface area contributed by atoms with E-state index < -0.39 is 0 Å². The van der Waals surface area contributed by atoms with Gasteiger partial charge in [0.05, 0.1) is 6.04 Å². The summed E-state index contributed by atoms with van der Waals surface area (Å²) in [5.41, 5.74) is 3.74. The number of carbonyl (C=O) groups is 1. The van der Waals surface area contributed by atoms with Crippen LogP contribution in [0.3, 0.4) is 0 Å². The molecule has 0 saturated carbocycles. The van der Waals surface area contributed by atoms with Crippen molar-refractivity contribution in [3.8, 4) is 0 Å². The van der Waals surface area contributed by atoms with Crippen LogP contribution in [0.15, 0.2) is 90.8 Å². The van der Waals surface area contributed by atoms with Crippen molar-refractivity contribution in [2.24, 2.45) is 0 Å². The van der Waals surface area contributed by atoms with Gasteiger partial charge < -0.3 is 15.1 Å². The van der Waals surface area contributed by atoms with E-state index >= 15 is 0 Å². The van der Waals surface area contributed by atoms with Gasteiger partial charge in [-0.3, -0.25) is 4.79 Å². The number of rotatable bonds is 8. The van der Waals surface area contributed by atoms with Gasteiger partial charge in [-0.05, 0) is 55.7 Å². The molecule has 1 amide bonds. The van der Waals surface area contributed by atoms with Crippen molar-refractivity contribution in [1.29, 1.82) is 0 Å². The lowest BCUT2D eigenvalue weighted by molar-refractivity contribution is -0.124. The highest BCUT2D eigenvalue weighted by atomic mass is 16.2. The van der Waals surface area contributed by atoms with E-state index in [9.17, 15) is 4.79 Å². The summed E-state index contributed by atoms with van der Waals surface area (Å²) >= 11 is 0. The number of anilines is 2. The van der Waals surface area contributed by atoms with Crippen LogP contribution in [0.5, 0.6) is 0 Å². The Bertz CT molecular complexity index is 895. The largest absolute Gasteiger partial charge is 0.378 e. The van der Waals surface area contributed by atoms with Crippen LogP contribution in [0.25, 0.3) is 0 Å². The summed E-state index contributed by atoms with van der Waals surface area (Å²) in [5, 5.41) is 3.28. The first-order chi connectivity index (χ1) is 14.1. The predicted octanol–water partition coefficient (Wildman–Crippen LogP) is 5.50.